The van der Waals surface area contributed by atoms with E-state index < -0.39 is 0 Å². The highest BCUT2D eigenvalue weighted by Gasteiger charge is 2.16. The van der Waals surface area contributed by atoms with Gasteiger partial charge in [-0.05, 0) is 18.6 Å². The standard InChI is InChI=1S/C10H11ClN2O2/c1-2-4-7(11)9-12-10(15-13-9)8-5-3-6-14-8/h3,5-7H,2,4H2,1H3. The van der Waals surface area contributed by atoms with Crippen LogP contribution in [0.2, 0.25) is 0 Å². The predicted octanol–water partition coefficient (Wildman–Crippen LogP) is 3.41. The van der Waals surface area contributed by atoms with Gasteiger partial charge in [0.1, 0.15) is 0 Å². The second-order valence-corrected chi connectivity index (χ2v) is 3.72. The number of nitrogens with zero attached hydrogens (tertiary/aromatic N) is 2. The SMILES string of the molecule is CCCC(Cl)c1noc(-c2ccco2)n1. The van der Waals surface area contributed by atoms with Gasteiger partial charge in [0.2, 0.25) is 0 Å². The topological polar surface area (TPSA) is 52.1 Å². The zero-order chi connectivity index (χ0) is 10.7. The van der Waals surface area contributed by atoms with Gasteiger partial charge < -0.3 is 8.94 Å². The van der Waals surface area contributed by atoms with E-state index in [4.69, 9.17) is 20.5 Å². The lowest BCUT2D eigenvalue weighted by atomic mass is 10.2. The number of alkyl halides is 1. The summed E-state index contributed by atoms with van der Waals surface area (Å²) in [5.74, 6) is 1.45. The highest BCUT2D eigenvalue weighted by atomic mass is 35.5. The molecule has 2 heterocycles. The molecule has 15 heavy (non-hydrogen) atoms. The van der Waals surface area contributed by atoms with Gasteiger partial charge in [-0.15, -0.1) is 11.6 Å². The summed E-state index contributed by atoms with van der Waals surface area (Å²) in [4.78, 5) is 4.17. The molecule has 0 saturated heterocycles. The van der Waals surface area contributed by atoms with Crippen molar-refractivity contribution in [3.05, 3.63) is 24.2 Å². The molecule has 0 fully saturated rings. The van der Waals surface area contributed by atoms with Crippen molar-refractivity contribution in [1.29, 1.82) is 0 Å². The molecular weight excluding hydrogens is 216 g/mol. The van der Waals surface area contributed by atoms with Gasteiger partial charge in [0.25, 0.3) is 5.89 Å². The van der Waals surface area contributed by atoms with E-state index >= 15 is 0 Å². The molecule has 0 aromatic carbocycles. The minimum absolute atomic E-state index is 0.192. The highest BCUT2D eigenvalue weighted by molar-refractivity contribution is 6.20. The maximum absolute atomic E-state index is 6.07. The molecule has 80 valence electrons. The maximum atomic E-state index is 6.07. The van der Waals surface area contributed by atoms with Crippen molar-refractivity contribution in [3.8, 4) is 11.7 Å². The number of aromatic nitrogens is 2. The fraction of sp³-hybridized carbons (Fsp3) is 0.400. The first-order valence-corrected chi connectivity index (χ1v) is 5.26. The van der Waals surface area contributed by atoms with E-state index in [1.165, 1.54) is 0 Å². The summed E-state index contributed by atoms with van der Waals surface area (Å²) in [6.07, 6.45) is 3.38. The third-order valence-electron chi connectivity index (χ3n) is 2.00. The Hall–Kier alpha value is -1.29. The van der Waals surface area contributed by atoms with Crippen molar-refractivity contribution in [2.45, 2.75) is 25.1 Å². The van der Waals surface area contributed by atoms with Gasteiger partial charge in [0.05, 0.1) is 11.6 Å². The molecule has 2 aromatic rings. The monoisotopic (exact) mass is 226 g/mol. The van der Waals surface area contributed by atoms with Gasteiger partial charge in [0, 0.05) is 0 Å². The van der Waals surface area contributed by atoms with E-state index in [1.54, 1.807) is 18.4 Å². The van der Waals surface area contributed by atoms with Crippen LogP contribution in [0.15, 0.2) is 27.3 Å². The van der Waals surface area contributed by atoms with Crippen molar-refractivity contribution in [3.63, 3.8) is 0 Å². The van der Waals surface area contributed by atoms with Crippen LogP contribution in [0.4, 0.5) is 0 Å². The Morgan fingerprint density at radius 2 is 2.40 bits per heavy atom. The molecule has 0 N–H and O–H groups in total. The van der Waals surface area contributed by atoms with E-state index in [0.717, 1.165) is 12.8 Å². The third-order valence-corrected chi connectivity index (χ3v) is 2.41. The smallest absolute Gasteiger partial charge is 0.293 e. The molecule has 0 aliphatic heterocycles. The number of furan rings is 1. The Morgan fingerprint density at radius 1 is 1.53 bits per heavy atom. The van der Waals surface area contributed by atoms with Crippen molar-refractivity contribution < 1.29 is 8.94 Å². The van der Waals surface area contributed by atoms with E-state index in [0.29, 0.717) is 17.5 Å². The molecule has 4 nitrogen and oxygen atoms in total. The minimum atomic E-state index is -0.192. The zero-order valence-corrected chi connectivity index (χ0v) is 9.07. The zero-order valence-electron chi connectivity index (χ0n) is 8.31. The fourth-order valence-electron chi connectivity index (χ4n) is 1.24. The van der Waals surface area contributed by atoms with E-state index in [1.807, 2.05) is 0 Å². The maximum Gasteiger partial charge on any atom is 0.293 e. The molecule has 0 saturated carbocycles. The Balaban J connectivity index is 2.17. The first-order chi connectivity index (χ1) is 7.31. The molecule has 5 heteroatoms. The van der Waals surface area contributed by atoms with E-state index in [-0.39, 0.29) is 5.38 Å². The Labute approximate surface area is 92.2 Å². The van der Waals surface area contributed by atoms with Crippen LogP contribution >= 0.6 is 11.6 Å². The molecule has 1 unspecified atom stereocenters. The van der Waals surface area contributed by atoms with Crippen LogP contribution in [-0.2, 0) is 0 Å². The van der Waals surface area contributed by atoms with Crippen molar-refractivity contribution in [2.24, 2.45) is 0 Å². The first-order valence-electron chi connectivity index (χ1n) is 4.82. The molecular formula is C10H11ClN2O2. The van der Waals surface area contributed by atoms with Crippen LogP contribution in [0.3, 0.4) is 0 Å². The van der Waals surface area contributed by atoms with E-state index in [9.17, 15) is 0 Å². The second-order valence-electron chi connectivity index (χ2n) is 3.19. The summed E-state index contributed by atoms with van der Waals surface area (Å²) in [7, 11) is 0. The van der Waals surface area contributed by atoms with Crippen molar-refractivity contribution in [2.75, 3.05) is 0 Å². The van der Waals surface area contributed by atoms with Gasteiger partial charge in [-0.1, -0.05) is 18.5 Å². The Bertz CT molecular complexity index is 411. The molecule has 0 amide bonds. The molecule has 0 radical (unpaired) electrons. The van der Waals surface area contributed by atoms with Gasteiger partial charge in [0.15, 0.2) is 11.6 Å². The van der Waals surface area contributed by atoms with Crippen LogP contribution < -0.4 is 0 Å². The number of hydrogen-bond acceptors (Lipinski definition) is 4. The Morgan fingerprint density at radius 3 is 3.07 bits per heavy atom. The first kappa shape index (κ1) is 10.2. The normalized spacial score (nSPS) is 12.9. The van der Waals surface area contributed by atoms with Gasteiger partial charge in [-0.3, -0.25) is 0 Å². The molecule has 0 bridgehead atoms. The highest BCUT2D eigenvalue weighted by Crippen LogP contribution is 2.25. The summed E-state index contributed by atoms with van der Waals surface area (Å²) in [6.45, 7) is 2.06. The van der Waals surface area contributed by atoms with Crippen LogP contribution in [-0.4, -0.2) is 10.1 Å². The molecule has 2 aromatic heterocycles. The lowest BCUT2D eigenvalue weighted by Gasteiger charge is -1.99. The minimum Gasteiger partial charge on any atom is -0.459 e. The quantitative estimate of drug-likeness (QED) is 0.750. The average molecular weight is 227 g/mol. The Kier molecular flexibility index (Phi) is 3.06. The molecule has 0 aliphatic carbocycles. The predicted molar refractivity (Wildman–Crippen MR) is 55.5 cm³/mol. The second kappa shape index (κ2) is 4.49. The van der Waals surface area contributed by atoms with Crippen molar-refractivity contribution in [1.82, 2.24) is 10.1 Å². The largest absolute Gasteiger partial charge is 0.459 e. The van der Waals surface area contributed by atoms with Crippen LogP contribution in [0.25, 0.3) is 11.7 Å². The average Bonchev–Trinajstić information content (AvgIpc) is 2.89. The van der Waals surface area contributed by atoms with Gasteiger partial charge in [-0.2, -0.15) is 4.98 Å². The van der Waals surface area contributed by atoms with Crippen LogP contribution in [0.5, 0.6) is 0 Å². The van der Waals surface area contributed by atoms with Crippen molar-refractivity contribution >= 4 is 11.6 Å². The van der Waals surface area contributed by atoms with Crippen LogP contribution in [0, 0.1) is 0 Å². The summed E-state index contributed by atoms with van der Waals surface area (Å²) in [6, 6.07) is 3.53. The number of hydrogen-bond donors (Lipinski definition) is 0. The fourth-order valence-corrected chi connectivity index (χ4v) is 1.55. The van der Waals surface area contributed by atoms with Gasteiger partial charge in [-0.25, -0.2) is 0 Å². The lowest BCUT2D eigenvalue weighted by molar-refractivity contribution is 0.407. The molecule has 0 aliphatic rings. The van der Waals surface area contributed by atoms with Gasteiger partial charge >= 0.3 is 0 Å². The summed E-state index contributed by atoms with van der Waals surface area (Å²) >= 11 is 6.07. The third kappa shape index (κ3) is 2.21. The summed E-state index contributed by atoms with van der Waals surface area (Å²) in [5.41, 5.74) is 0. The molecule has 2 rings (SSSR count). The number of rotatable bonds is 4. The molecule has 0 spiro atoms. The van der Waals surface area contributed by atoms with E-state index in [2.05, 4.69) is 17.1 Å². The number of halogens is 1. The molecule has 1 atom stereocenters. The summed E-state index contributed by atoms with van der Waals surface area (Å²) < 4.78 is 10.2. The summed E-state index contributed by atoms with van der Waals surface area (Å²) in [5, 5.41) is 3.62. The lowest BCUT2D eigenvalue weighted by Crippen LogP contribution is -1.92. The van der Waals surface area contributed by atoms with Crippen LogP contribution in [0.1, 0.15) is 31.0 Å².